The maximum absolute atomic E-state index is 2.66. The Morgan fingerprint density at radius 1 is 0.321 bits per heavy atom. The van der Waals surface area contributed by atoms with Crippen LogP contribution in [0.2, 0.25) is 0 Å². The average molecular weight is 742 g/mol. The van der Waals surface area contributed by atoms with Crippen molar-refractivity contribution in [3.63, 3.8) is 0 Å². The molecule has 0 radical (unpaired) electrons. The van der Waals surface area contributed by atoms with Crippen LogP contribution < -0.4 is 4.57 Å². The average Bonchev–Trinajstić information content (AvgIpc) is 3.55. The fraction of sp³-hybridized carbons (Fsp3) is 0.941. The monoisotopic (exact) mass is 742 g/mol. The van der Waals surface area contributed by atoms with Gasteiger partial charge in [0, 0.05) is 6.42 Å². The van der Waals surface area contributed by atoms with E-state index >= 15 is 0 Å². The Hall–Kier alpha value is -0.790. The van der Waals surface area contributed by atoms with Crippen LogP contribution in [0.4, 0.5) is 0 Å². The van der Waals surface area contributed by atoms with Crippen LogP contribution in [0.25, 0.3) is 0 Å². The maximum atomic E-state index is 2.66. The van der Waals surface area contributed by atoms with E-state index in [0.717, 1.165) is 0 Å². The van der Waals surface area contributed by atoms with Gasteiger partial charge in [-0.2, -0.15) is 0 Å². The number of hydrogen-bond donors (Lipinski definition) is 0. The van der Waals surface area contributed by atoms with Crippen LogP contribution in [0.1, 0.15) is 296 Å². The Labute approximate surface area is 336 Å². The molecule has 0 saturated carbocycles. The quantitative estimate of drug-likeness (QED) is 0.0465. The number of hydrogen-bond acceptors (Lipinski definition) is 0. The molecule has 0 aliphatic rings. The van der Waals surface area contributed by atoms with E-state index in [9.17, 15) is 0 Å². The molecule has 0 aliphatic heterocycles. The molecule has 0 atom stereocenters. The van der Waals surface area contributed by atoms with Gasteiger partial charge in [0.2, 0.25) is 0 Å². The van der Waals surface area contributed by atoms with Gasteiger partial charge in [0.25, 0.3) is 5.82 Å². The van der Waals surface area contributed by atoms with E-state index in [2.05, 4.69) is 42.3 Å². The highest BCUT2D eigenvalue weighted by molar-refractivity contribution is 4.84. The summed E-state index contributed by atoms with van der Waals surface area (Å²) in [5.41, 5.74) is 0. The minimum absolute atomic E-state index is 1.23. The van der Waals surface area contributed by atoms with Crippen molar-refractivity contribution in [2.75, 3.05) is 0 Å². The van der Waals surface area contributed by atoms with E-state index in [1.807, 2.05) is 0 Å². The van der Waals surface area contributed by atoms with Crippen molar-refractivity contribution < 1.29 is 4.57 Å². The smallest absolute Gasteiger partial charge is 0.234 e. The molecular formula is C51H101N2+. The molecule has 0 fully saturated rings. The molecule has 0 saturated heterocycles. The largest absolute Gasteiger partial charge is 0.256 e. The Morgan fingerprint density at radius 2 is 0.585 bits per heavy atom. The van der Waals surface area contributed by atoms with Gasteiger partial charge in [-0.15, -0.1) is 0 Å². The molecule has 0 bridgehead atoms. The van der Waals surface area contributed by atoms with Crippen molar-refractivity contribution in [3.8, 4) is 0 Å². The zero-order valence-electron chi connectivity index (χ0n) is 37.4. The number of rotatable bonds is 45. The molecular weight excluding hydrogens is 641 g/mol. The van der Waals surface area contributed by atoms with Crippen molar-refractivity contribution in [2.24, 2.45) is 0 Å². The molecule has 0 aromatic carbocycles. The minimum atomic E-state index is 1.23. The molecule has 1 aromatic heterocycles. The SMILES string of the molecule is CCCCCCCCCCCCCCCCCCCn1cc[n+](CCCCCCCCCCCCCCCC)c1CCCCCCCCCCCCC. The molecule has 2 nitrogen and oxygen atoms in total. The number of nitrogens with zero attached hydrogens (tertiary/aromatic N) is 2. The number of aryl methyl sites for hydroxylation is 2. The van der Waals surface area contributed by atoms with Crippen molar-refractivity contribution in [1.82, 2.24) is 4.57 Å². The molecule has 314 valence electrons. The second kappa shape index (κ2) is 42.4. The third-order valence-electron chi connectivity index (χ3n) is 12.3. The lowest BCUT2D eigenvalue weighted by Crippen LogP contribution is -2.37. The Bertz CT molecular complexity index is 811. The van der Waals surface area contributed by atoms with E-state index in [4.69, 9.17) is 0 Å². The summed E-state index contributed by atoms with van der Waals surface area (Å²) in [5.74, 6) is 1.63. The highest BCUT2D eigenvalue weighted by atomic mass is 15.1. The van der Waals surface area contributed by atoms with Gasteiger partial charge in [-0.1, -0.05) is 258 Å². The van der Waals surface area contributed by atoms with E-state index in [1.54, 1.807) is 5.82 Å². The van der Waals surface area contributed by atoms with Gasteiger partial charge in [0.05, 0.1) is 13.1 Å². The maximum Gasteiger partial charge on any atom is 0.256 e. The van der Waals surface area contributed by atoms with Crippen molar-refractivity contribution in [1.29, 1.82) is 0 Å². The zero-order chi connectivity index (χ0) is 38.0. The van der Waals surface area contributed by atoms with Crippen LogP contribution in [-0.4, -0.2) is 4.57 Å². The summed E-state index contributed by atoms with van der Waals surface area (Å²) in [5, 5.41) is 0. The first-order valence-corrected chi connectivity index (χ1v) is 25.4. The summed E-state index contributed by atoms with van der Waals surface area (Å²) in [6, 6.07) is 0. The first-order valence-electron chi connectivity index (χ1n) is 25.4. The molecule has 0 spiro atoms. The van der Waals surface area contributed by atoms with E-state index < -0.39 is 0 Å². The molecule has 53 heavy (non-hydrogen) atoms. The third kappa shape index (κ3) is 34.2. The summed E-state index contributed by atoms with van der Waals surface area (Å²) in [6.07, 6.45) is 66.8. The third-order valence-corrected chi connectivity index (χ3v) is 12.3. The molecule has 1 heterocycles. The van der Waals surface area contributed by atoms with Crippen molar-refractivity contribution in [2.45, 2.75) is 310 Å². The number of imidazole rings is 1. The molecule has 0 amide bonds. The molecule has 1 rings (SSSR count). The van der Waals surface area contributed by atoms with Gasteiger partial charge in [-0.05, 0) is 32.1 Å². The van der Waals surface area contributed by atoms with Crippen LogP contribution in [0, 0.1) is 0 Å². The predicted molar refractivity (Wildman–Crippen MR) is 239 cm³/mol. The summed E-state index contributed by atoms with van der Waals surface area (Å²) < 4.78 is 5.32. The summed E-state index contributed by atoms with van der Waals surface area (Å²) in [4.78, 5) is 0. The normalized spacial score (nSPS) is 11.7. The Kier molecular flexibility index (Phi) is 40.1. The van der Waals surface area contributed by atoms with Crippen molar-refractivity contribution >= 4 is 0 Å². The highest BCUT2D eigenvalue weighted by Gasteiger charge is 2.16. The van der Waals surface area contributed by atoms with Gasteiger partial charge >= 0.3 is 0 Å². The number of aromatic nitrogens is 2. The Morgan fingerprint density at radius 3 is 0.906 bits per heavy atom. The van der Waals surface area contributed by atoms with Gasteiger partial charge in [0.1, 0.15) is 12.4 Å². The zero-order valence-corrected chi connectivity index (χ0v) is 37.4. The van der Waals surface area contributed by atoms with Crippen LogP contribution in [-0.2, 0) is 19.5 Å². The first kappa shape index (κ1) is 50.2. The van der Waals surface area contributed by atoms with Crippen molar-refractivity contribution in [3.05, 3.63) is 18.2 Å². The van der Waals surface area contributed by atoms with Gasteiger partial charge in [-0.25, -0.2) is 9.13 Å². The van der Waals surface area contributed by atoms with Crippen LogP contribution >= 0.6 is 0 Å². The summed E-state index contributed by atoms with van der Waals surface area (Å²) in [7, 11) is 0. The minimum Gasteiger partial charge on any atom is -0.234 e. The van der Waals surface area contributed by atoms with Gasteiger partial charge < -0.3 is 0 Å². The molecule has 0 aliphatic carbocycles. The van der Waals surface area contributed by atoms with E-state index in [-0.39, 0.29) is 0 Å². The fourth-order valence-corrected chi connectivity index (χ4v) is 8.62. The fourth-order valence-electron chi connectivity index (χ4n) is 8.62. The summed E-state index contributed by atoms with van der Waals surface area (Å²) >= 11 is 0. The highest BCUT2D eigenvalue weighted by Crippen LogP contribution is 2.17. The van der Waals surface area contributed by atoms with Crippen LogP contribution in [0.15, 0.2) is 12.4 Å². The summed E-state index contributed by atoms with van der Waals surface area (Å²) in [6.45, 7) is 9.42. The van der Waals surface area contributed by atoms with Gasteiger partial charge in [-0.3, -0.25) is 0 Å². The molecule has 0 N–H and O–H groups in total. The number of unbranched alkanes of at least 4 members (excludes halogenated alkanes) is 39. The lowest BCUT2D eigenvalue weighted by atomic mass is 10.0. The lowest BCUT2D eigenvalue weighted by Gasteiger charge is -2.07. The second-order valence-electron chi connectivity index (χ2n) is 17.6. The Balaban J connectivity index is 2.23. The van der Waals surface area contributed by atoms with E-state index in [0.29, 0.717) is 0 Å². The van der Waals surface area contributed by atoms with Gasteiger partial charge in [0.15, 0.2) is 0 Å². The lowest BCUT2D eigenvalue weighted by molar-refractivity contribution is -0.704. The first-order chi connectivity index (χ1) is 26.3. The molecule has 2 heteroatoms. The standard InChI is InChI=1S/C51H101N2/c1-4-7-10-13-16-19-22-24-26-27-28-30-33-36-39-42-45-48-53-50-49-52(51(53)46-43-40-37-34-31-21-18-15-12-9-6-3)47-44-41-38-35-32-29-25-23-20-17-14-11-8-5-2/h49-50H,4-48H2,1-3H3/q+1. The second-order valence-corrected chi connectivity index (χ2v) is 17.6. The topological polar surface area (TPSA) is 8.81 Å². The molecule has 0 unspecified atom stereocenters. The van der Waals surface area contributed by atoms with E-state index in [1.165, 1.54) is 289 Å². The predicted octanol–water partition coefficient (Wildman–Crippen LogP) is 17.8. The van der Waals surface area contributed by atoms with Crippen LogP contribution in [0.5, 0.6) is 0 Å². The van der Waals surface area contributed by atoms with Crippen LogP contribution in [0.3, 0.4) is 0 Å². The molecule has 1 aromatic rings.